The van der Waals surface area contributed by atoms with E-state index in [2.05, 4.69) is 43.4 Å². The fourth-order valence-electron chi connectivity index (χ4n) is 2.19. The molecule has 88 valence electrons. The highest BCUT2D eigenvalue weighted by Crippen LogP contribution is 2.20. The fraction of sp³-hybridized carbons (Fsp3) is 0.571. The highest BCUT2D eigenvalue weighted by molar-refractivity contribution is 5.46. The standard InChI is InChI=1S/C14H21NO/c1-3-12-5-4-6-13(9-12)15-14-7-8-16-10-11(14)2/h4-6,9,11,14-15H,3,7-8,10H2,1-2H3/t11-,14?/m0/s1. The maximum atomic E-state index is 5.45. The van der Waals surface area contributed by atoms with Crippen LogP contribution in [-0.4, -0.2) is 19.3 Å². The first kappa shape index (κ1) is 11.5. The number of anilines is 1. The Hall–Kier alpha value is -1.02. The summed E-state index contributed by atoms with van der Waals surface area (Å²) in [5, 5.41) is 3.63. The Labute approximate surface area is 98.0 Å². The number of nitrogens with one attached hydrogen (secondary N) is 1. The number of rotatable bonds is 3. The van der Waals surface area contributed by atoms with Gasteiger partial charge in [-0.2, -0.15) is 0 Å². The van der Waals surface area contributed by atoms with Gasteiger partial charge in [-0.25, -0.2) is 0 Å². The van der Waals surface area contributed by atoms with Crippen LogP contribution in [-0.2, 0) is 11.2 Å². The van der Waals surface area contributed by atoms with Crippen LogP contribution in [0, 0.1) is 5.92 Å². The molecule has 1 aromatic carbocycles. The summed E-state index contributed by atoms with van der Waals surface area (Å²) in [6.45, 7) is 6.21. The molecule has 0 spiro atoms. The molecular weight excluding hydrogens is 198 g/mol. The van der Waals surface area contributed by atoms with Crippen LogP contribution in [0.3, 0.4) is 0 Å². The lowest BCUT2D eigenvalue weighted by Gasteiger charge is -2.30. The monoisotopic (exact) mass is 219 g/mol. The minimum atomic E-state index is 0.556. The summed E-state index contributed by atoms with van der Waals surface area (Å²) in [6.07, 6.45) is 2.20. The fourth-order valence-corrected chi connectivity index (χ4v) is 2.19. The maximum Gasteiger partial charge on any atom is 0.0511 e. The summed E-state index contributed by atoms with van der Waals surface area (Å²) in [4.78, 5) is 0. The van der Waals surface area contributed by atoms with Crippen molar-refractivity contribution in [1.82, 2.24) is 0 Å². The zero-order chi connectivity index (χ0) is 11.4. The first-order chi connectivity index (χ1) is 7.79. The molecule has 1 heterocycles. The smallest absolute Gasteiger partial charge is 0.0511 e. The molecule has 2 heteroatoms. The van der Waals surface area contributed by atoms with E-state index in [1.807, 2.05) is 0 Å². The van der Waals surface area contributed by atoms with Gasteiger partial charge in [-0.3, -0.25) is 0 Å². The van der Waals surface area contributed by atoms with Gasteiger partial charge in [0.2, 0.25) is 0 Å². The van der Waals surface area contributed by atoms with Crippen molar-refractivity contribution in [3.63, 3.8) is 0 Å². The SMILES string of the molecule is CCc1cccc(NC2CCOC[C@@H]2C)c1. The summed E-state index contributed by atoms with van der Waals surface area (Å²) in [7, 11) is 0. The first-order valence-corrected chi connectivity index (χ1v) is 6.23. The molecule has 0 bridgehead atoms. The molecule has 0 amide bonds. The van der Waals surface area contributed by atoms with Crippen LogP contribution in [0.25, 0.3) is 0 Å². The average molecular weight is 219 g/mol. The van der Waals surface area contributed by atoms with Crippen LogP contribution in [0.4, 0.5) is 5.69 Å². The quantitative estimate of drug-likeness (QED) is 0.843. The van der Waals surface area contributed by atoms with Crippen LogP contribution >= 0.6 is 0 Å². The predicted octanol–water partition coefficient (Wildman–Crippen LogP) is 3.09. The largest absolute Gasteiger partial charge is 0.382 e. The molecule has 2 rings (SSSR count). The van der Waals surface area contributed by atoms with Gasteiger partial charge in [-0.05, 0) is 36.5 Å². The van der Waals surface area contributed by atoms with Gasteiger partial charge in [-0.1, -0.05) is 26.0 Å². The normalized spacial score (nSPS) is 25.4. The van der Waals surface area contributed by atoms with Crippen molar-refractivity contribution in [2.75, 3.05) is 18.5 Å². The lowest BCUT2D eigenvalue weighted by Crippen LogP contribution is -2.35. The Morgan fingerprint density at radius 1 is 1.44 bits per heavy atom. The number of ether oxygens (including phenoxy) is 1. The van der Waals surface area contributed by atoms with Crippen LogP contribution in [0.2, 0.25) is 0 Å². The van der Waals surface area contributed by atoms with E-state index >= 15 is 0 Å². The number of benzene rings is 1. The third kappa shape index (κ3) is 2.76. The second kappa shape index (κ2) is 5.35. The minimum Gasteiger partial charge on any atom is -0.382 e. The molecule has 0 radical (unpaired) electrons. The van der Waals surface area contributed by atoms with E-state index in [4.69, 9.17) is 4.74 Å². The summed E-state index contributed by atoms with van der Waals surface area (Å²) < 4.78 is 5.45. The molecule has 1 aliphatic rings. The number of hydrogen-bond acceptors (Lipinski definition) is 2. The number of aryl methyl sites for hydroxylation is 1. The van der Waals surface area contributed by atoms with Crippen molar-refractivity contribution in [2.45, 2.75) is 32.7 Å². The van der Waals surface area contributed by atoms with Gasteiger partial charge >= 0.3 is 0 Å². The van der Waals surface area contributed by atoms with Crippen LogP contribution in [0.15, 0.2) is 24.3 Å². The summed E-state index contributed by atoms with van der Waals surface area (Å²) in [6, 6.07) is 9.27. The topological polar surface area (TPSA) is 21.3 Å². The Morgan fingerprint density at radius 2 is 2.31 bits per heavy atom. The number of hydrogen-bond donors (Lipinski definition) is 1. The van der Waals surface area contributed by atoms with E-state index in [9.17, 15) is 0 Å². The van der Waals surface area contributed by atoms with E-state index in [1.165, 1.54) is 11.3 Å². The first-order valence-electron chi connectivity index (χ1n) is 6.23. The van der Waals surface area contributed by atoms with Gasteiger partial charge in [-0.15, -0.1) is 0 Å². The summed E-state index contributed by atoms with van der Waals surface area (Å²) >= 11 is 0. The van der Waals surface area contributed by atoms with E-state index in [-0.39, 0.29) is 0 Å². The Morgan fingerprint density at radius 3 is 3.06 bits per heavy atom. The molecule has 2 nitrogen and oxygen atoms in total. The van der Waals surface area contributed by atoms with Gasteiger partial charge in [0.05, 0.1) is 6.61 Å². The molecular formula is C14H21NO. The second-order valence-corrected chi connectivity index (χ2v) is 4.65. The van der Waals surface area contributed by atoms with E-state index < -0.39 is 0 Å². The van der Waals surface area contributed by atoms with Gasteiger partial charge in [0, 0.05) is 18.3 Å². The van der Waals surface area contributed by atoms with Crippen molar-refractivity contribution in [3.8, 4) is 0 Å². The Kier molecular flexibility index (Phi) is 3.83. The third-order valence-electron chi connectivity index (χ3n) is 3.33. The lowest BCUT2D eigenvalue weighted by molar-refractivity contribution is 0.0538. The summed E-state index contributed by atoms with van der Waals surface area (Å²) in [5.41, 5.74) is 2.64. The average Bonchev–Trinajstić information content (AvgIpc) is 2.32. The molecule has 2 atom stereocenters. The molecule has 1 fully saturated rings. The zero-order valence-electron chi connectivity index (χ0n) is 10.2. The second-order valence-electron chi connectivity index (χ2n) is 4.65. The Balaban J connectivity index is 2.01. The van der Waals surface area contributed by atoms with Crippen molar-refractivity contribution < 1.29 is 4.74 Å². The lowest BCUT2D eigenvalue weighted by atomic mass is 9.97. The Bertz CT molecular complexity index is 337. The molecule has 1 saturated heterocycles. The molecule has 0 aromatic heterocycles. The molecule has 0 aliphatic carbocycles. The van der Waals surface area contributed by atoms with Crippen molar-refractivity contribution in [1.29, 1.82) is 0 Å². The zero-order valence-corrected chi connectivity index (χ0v) is 10.2. The van der Waals surface area contributed by atoms with Crippen LogP contribution in [0.5, 0.6) is 0 Å². The highest BCUT2D eigenvalue weighted by atomic mass is 16.5. The predicted molar refractivity (Wildman–Crippen MR) is 67.8 cm³/mol. The molecule has 1 aliphatic heterocycles. The molecule has 1 unspecified atom stereocenters. The van der Waals surface area contributed by atoms with Crippen LogP contribution < -0.4 is 5.32 Å². The van der Waals surface area contributed by atoms with Crippen LogP contribution in [0.1, 0.15) is 25.8 Å². The van der Waals surface area contributed by atoms with E-state index in [1.54, 1.807) is 0 Å². The van der Waals surface area contributed by atoms with Gasteiger partial charge in [0.15, 0.2) is 0 Å². The van der Waals surface area contributed by atoms with Crippen molar-refractivity contribution >= 4 is 5.69 Å². The van der Waals surface area contributed by atoms with Gasteiger partial charge in [0.1, 0.15) is 0 Å². The maximum absolute atomic E-state index is 5.45. The van der Waals surface area contributed by atoms with E-state index in [0.29, 0.717) is 12.0 Å². The minimum absolute atomic E-state index is 0.556. The highest BCUT2D eigenvalue weighted by Gasteiger charge is 2.21. The van der Waals surface area contributed by atoms with E-state index in [0.717, 1.165) is 26.1 Å². The molecule has 0 saturated carbocycles. The van der Waals surface area contributed by atoms with Crippen molar-refractivity contribution in [2.24, 2.45) is 5.92 Å². The van der Waals surface area contributed by atoms with Crippen molar-refractivity contribution in [3.05, 3.63) is 29.8 Å². The van der Waals surface area contributed by atoms with Gasteiger partial charge < -0.3 is 10.1 Å². The third-order valence-corrected chi connectivity index (χ3v) is 3.33. The van der Waals surface area contributed by atoms with Gasteiger partial charge in [0.25, 0.3) is 0 Å². The molecule has 16 heavy (non-hydrogen) atoms. The summed E-state index contributed by atoms with van der Waals surface area (Å²) in [5.74, 6) is 0.596. The molecule has 1 N–H and O–H groups in total. The molecule has 1 aromatic rings.